The highest BCUT2D eigenvalue weighted by Gasteiger charge is 1.99. The lowest BCUT2D eigenvalue weighted by molar-refractivity contribution is 0.411. The van der Waals surface area contributed by atoms with Crippen LogP contribution in [0.3, 0.4) is 0 Å². The normalized spacial score (nSPS) is 10.8. The molecule has 2 nitrogen and oxygen atoms in total. The van der Waals surface area contributed by atoms with Gasteiger partial charge in [-0.2, -0.15) is 0 Å². The van der Waals surface area contributed by atoms with Gasteiger partial charge in [0.2, 0.25) is 0 Å². The SMILES string of the molecule is COc1ccc(C=CCCN)c(F)c1. The molecular weight excluding hydrogens is 181 g/mol. The molecule has 0 aliphatic rings. The molecule has 0 aliphatic carbocycles. The third-order valence-corrected chi connectivity index (χ3v) is 1.84. The first-order chi connectivity index (χ1) is 6.77. The third kappa shape index (κ3) is 2.85. The summed E-state index contributed by atoms with van der Waals surface area (Å²) in [6.45, 7) is 0.578. The van der Waals surface area contributed by atoms with Gasteiger partial charge in [-0.3, -0.25) is 0 Å². The summed E-state index contributed by atoms with van der Waals surface area (Å²) in [5, 5.41) is 0. The molecule has 0 radical (unpaired) electrons. The van der Waals surface area contributed by atoms with Crippen molar-refractivity contribution in [2.24, 2.45) is 5.73 Å². The van der Waals surface area contributed by atoms with E-state index in [4.69, 9.17) is 10.5 Å². The van der Waals surface area contributed by atoms with Gasteiger partial charge in [-0.15, -0.1) is 0 Å². The van der Waals surface area contributed by atoms with Crippen molar-refractivity contribution in [2.75, 3.05) is 13.7 Å². The lowest BCUT2D eigenvalue weighted by atomic mass is 10.2. The van der Waals surface area contributed by atoms with Crippen LogP contribution in [0.15, 0.2) is 24.3 Å². The molecule has 3 heteroatoms. The Bertz CT molecular complexity index is 323. The average Bonchev–Trinajstić information content (AvgIpc) is 2.20. The van der Waals surface area contributed by atoms with E-state index in [2.05, 4.69) is 0 Å². The Morgan fingerprint density at radius 3 is 2.86 bits per heavy atom. The van der Waals surface area contributed by atoms with Gasteiger partial charge in [0.05, 0.1) is 7.11 Å². The fraction of sp³-hybridized carbons (Fsp3) is 0.273. The molecule has 0 heterocycles. The lowest BCUT2D eigenvalue weighted by Gasteiger charge is -2.01. The zero-order valence-corrected chi connectivity index (χ0v) is 8.16. The maximum atomic E-state index is 13.3. The Labute approximate surface area is 83.2 Å². The molecule has 0 bridgehead atoms. The molecule has 1 rings (SSSR count). The molecule has 0 saturated heterocycles. The molecule has 14 heavy (non-hydrogen) atoms. The zero-order valence-electron chi connectivity index (χ0n) is 8.16. The second-order valence-corrected chi connectivity index (χ2v) is 2.87. The first kappa shape index (κ1) is 10.7. The van der Waals surface area contributed by atoms with Gasteiger partial charge < -0.3 is 10.5 Å². The third-order valence-electron chi connectivity index (χ3n) is 1.84. The predicted molar refractivity (Wildman–Crippen MR) is 55.7 cm³/mol. The Morgan fingerprint density at radius 2 is 2.29 bits per heavy atom. The van der Waals surface area contributed by atoms with Gasteiger partial charge in [0.25, 0.3) is 0 Å². The predicted octanol–water partition coefficient (Wildman–Crippen LogP) is 2.20. The minimum atomic E-state index is -0.280. The molecule has 0 fully saturated rings. The number of benzene rings is 1. The topological polar surface area (TPSA) is 35.2 Å². The number of rotatable bonds is 4. The molecule has 0 aromatic heterocycles. The fourth-order valence-electron chi connectivity index (χ4n) is 1.08. The van der Waals surface area contributed by atoms with Crippen molar-refractivity contribution in [1.82, 2.24) is 0 Å². The zero-order chi connectivity index (χ0) is 10.4. The number of hydrogen-bond donors (Lipinski definition) is 1. The Balaban J connectivity index is 2.78. The van der Waals surface area contributed by atoms with E-state index >= 15 is 0 Å². The number of ether oxygens (including phenoxy) is 1. The van der Waals surface area contributed by atoms with Crippen molar-refractivity contribution in [3.63, 3.8) is 0 Å². The van der Waals surface area contributed by atoms with Crippen LogP contribution < -0.4 is 10.5 Å². The molecule has 1 aromatic carbocycles. The van der Waals surface area contributed by atoms with Crippen LogP contribution in [0.4, 0.5) is 4.39 Å². The number of halogens is 1. The van der Waals surface area contributed by atoms with Crippen molar-refractivity contribution < 1.29 is 9.13 Å². The summed E-state index contributed by atoms with van der Waals surface area (Å²) in [4.78, 5) is 0. The first-order valence-electron chi connectivity index (χ1n) is 4.48. The van der Waals surface area contributed by atoms with Crippen molar-refractivity contribution in [3.8, 4) is 5.75 Å². The van der Waals surface area contributed by atoms with Gasteiger partial charge in [-0.1, -0.05) is 12.2 Å². The van der Waals surface area contributed by atoms with Gasteiger partial charge in [-0.05, 0) is 25.1 Å². The van der Waals surface area contributed by atoms with Crippen molar-refractivity contribution in [3.05, 3.63) is 35.7 Å². The first-order valence-corrected chi connectivity index (χ1v) is 4.48. The summed E-state index contributed by atoms with van der Waals surface area (Å²) in [7, 11) is 1.51. The van der Waals surface area contributed by atoms with Crippen molar-refractivity contribution in [1.29, 1.82) is 0 Å². The molecule has 0 atom stereocenters. The minimum absolute atomic E-state index is 0.280. The lowest BCUT2D eigenvalue weighted by Crippen LogP contribution is -1.95. The van der Waals surface area contributed by atoms with E-state index in [1.807, 2.05) is 6.08 Å². The minimum Gasteiger partial charge on any atom is -0.497 e. The van der Waals surface area contributed by atoms with Crippen LogP contribution in [-0.4, -0.2) is 13.7 Å². The summed E-state index contributed by atoms with van der Waals surface area (Å²) in [6, 6.07) is 4.77. The number of methoxy groups -OCH3 is 1. The summed E-state index contributed by atoms with van der Waals surface area (Å²) >= 11 is 0. The molecule has 1 aromatic rings. The van der Waals surface area contributed by atoms with E-state index in [0.717, 1.165) is 6.42 Å². The van der Waals surface area contributed by atoms with Gasteiger partial charge >= 0.3 is 0 Å². The Kier molecular flexibility index (Phi) is 4.13. The van der Waals surface area contributed by atoms with Crippen LogP contribution in [0.2, 0.25) is 0 Å². The largest absolute Gasteiger partial charge is 0.497 e. The maximum absolute atomic E-state index is 13.3. The maximum Gasteiger partial charge on any atom is 0.134 e. The molecule has 0 unspecified atom stereocenters. The van der Waals surface area contributed by atoms with Crippen molar-refractivity contribution >= 4 is 6.08 Å². The molecular formula is C11H14FNO. The van der Waals surface area contributed by atoms with E-state index in [1.54, 1.807) is 18.2 Å². The highest BCUT2D eigenvalue weighted by molar-refractivity contribution is 5.51. The average molecular weight is 195 g/mol. The van der Waals surface area contributed by atoms with Gasteiger partial charge in [0, 0.05) is 11.6 Å². The second kappa shape index (κ2) is 5.40. The van der Waals surface area contributed by atoms with E-state index in [0.29, 0.717) is 17.9 Å². The summed E-state index contributed by atoms with van der Waals surface area (Å²) in [6.07, 6.45) is 4.33. The van der Waals surface area contributed by atoms with Crippen LogP contribution in [0.25, 0.3) is 6.08 Å². The van der Waals surface area contributed by atoms with Gasteiger partial charge in [-0.25, -0.2) is 4.39 Å². The molecule has 0 aliphatic heterocycles. The quantitative estimate of drug-likeness (QED) is 0.799. The number of hydrogen-bond acceptors (Lipinski definition) is 2. The van der Waals surface area contributed by atoms with Crippen LogP contribution in [-0.2, 0) is 0 Å². The van der Waals surface area contributed by atoms with Crippen molar-refractivity contribution in [2.45, 2.75) is 6.42 Å². The van der Waals surface area contributed by atoms with Crippen LogP contribution in [0.5, 0.6) is 5.75 Å². The monoisotopic (exact) mass is 195 g/mol. The molecule has 76 valence electrons. The Morgan fingerprint density at radius 1 is 1.50 bits per heavy atom. The van der Waals surface area contributed by atoms with Gasteiger partial charge in [0.1, 0.15) is 11.6 Å². The summed E-state index contributed by atoms with van der Waals surface area (Å²) in [5.41, 5.74) is 5.87. The Hall–Kier alpha value is -1.35. The highest BCUT2D eigenvalue weighted by atomic mass is 19.1. The van der Waals surface area contributed by atoms with Crippen LogP contribution >= 0.6 is 0 Å². The van der Waals surface area contributed by atoms with Gasteiger partial charge in [0.15, 0.2) is 0 Å². The van der Waals surface area contributed by atoms with E-state index in [9.17, 15) is 4.39 Å². The molecule has 0 amide bonds. The van der Waals surface area contributed by atoms with Crippen LogP contribution in [0.1, 0.15) is 12.0 Å². The van der Waals surface area contributed by atoms with E-state index in [1.165, 1.54) is 13.2 Å². The smallest absolute Gasteiger partial charge is 0.134 e. The van der Waals surface area contributed by atoms with E-state index in [-0.39, 0.29) is 5.82 Å². The highest BCUT2D eigenvalue weighted by Crippen LogP contribution is 2.17. The molecule has 2 N–H and O–H groups in total. The summed E-state index contributed by atoms with van der Waals surface area (Å²) in [5.74, 6) is 0.246. The van der Waals surface area contributed by atoms with Crippen LogP contribution in [0, 0.1) is 5.82 Å². The second-order valence-electron chi connectivity index (χ2n) is 2.87. The standard InChI is InChI=1S/C11H14FNO/c1-14-10-6-5-9(11(12)8-10)4-2-3-7-13/h2,4-6,8H,3,7,13H2,1H3. The molecule has 0 spiro atoms. The fourth-order valence-corrected chi connectivity index (χ4v) is 1.08. The van der Waals surface area contributed by atoms with E-state index < -0.39 is 0 Å². The number of nitrogens with two attached hydrogens (primary N) is 1. The molecule has 0 saturated carbocycles. The summed E-state index contributed by atoms with van der Waals surface area (Å²) < 4.78 is 18.2.